The van der Waals surface area contributed by atoms with Crippen LogP contribution in [0.15, 0.2) is 43.0 Å². The number of aliphatic hydroxyl groups excluding tert-OH is 2. The molecule has 2 amide bonds. The second kappa shape index (κ2) is 15.3. The van der Waals surface area contributed by atoms with Crippen LogP contribution in [0, 0.1) is 0 Å². The van der Waals surface area contributed by atoms with Gasteiger partial charge in [0.25, 0.3) is 5.91 Å². The summed E-state index contributed by atoms with van der Waals surface area (Å²) < 4.78 is 12.4. The largest absolute Gasteiger partial charge is 0.445 e. The Bertz CT molecular complexity index is 1260. The molecule has 2 aromatic heterocycles. The van der Waals surface area contributed by atoms with Gasteiger partial charge in [0.15, 0.2) is 29.3 Å². The smallest absolute Gasteiger partial charge is 0.407 e. The molecule has 0 aliphatic carbocycles. The molecule has 1 aliphatic heterocycles. The third-order valence-corrected chi connectivity index (χ3v) is 6.86. The van der Waals surface area contributed by atoms with Gasteiger partial charge >= 0.3 is 6.09 Å². The highest BCUT2D eigenvalue weighted by Gasteiger charge is 2.47. The molecule has 13 heteroatoms. The predicted octanol–water partition coefficient (Wildman–Crippen LogP) is 2.26. The number of nitrogens with zero attached hydrogens (tertiary/aromatic N) is 4. The summed E-state index contributed by atoms with van der Waals surface area (Å²) in [6.07, 6.45) is 3.65. The summed E-state index contributed by atoms with van der Waals surface area (Å²) in [5, 5.41) is 29.6. The number of hydrogen-bond donors (Lipinski definition) is 5. The Morgan fingerprint density at radius 3 is 2.44 bits per heavy atom. The molecule has 41 heavy (non-hydrogen) atoms. The molecule has 0 spiro atoms. The van der Waals surface area contributed by atoms with Gasteiger partial charge in [-0.1, -0.05) is 56.0 Å². The van der Waals surface area contributed by atoms with Crippen molar-refractivity contribution in [3.63, 3.8) is 0 Å². The van der Waals surface area contributed by atoms with Crippen molar-refractivity contribution in [1.29, 1.82) is 0 Å². The SMILES string of the molecule is CCNC(=O)[C@H]1O[C@@H](n2cnc3c(NCCCCCCCCNC(=O)OCc4ccccc4)ncnc32)[C@H](O)[C@@H]1O. The molecule has 0 unspecified atom stereocenters. The number of carbonyl (C=O) groups excluding carboxylic acids is 2. The molecule has 13 nitrogen and oxygen atoms in total. The number of alkyl carbamates (subject to hydrolysis) is 1. The fourth-order valence-corrected chi connectivity index (χ4v) is 4.68. The molecular weight excluding hydrogens is 530 g/mol. The van der Waals surface area contributed by atoms with Gasteiger partial charge in [-0.15, -0.1) is 0 Å². The normalized spacial score (nSPS) is 20.2. The van der Waals surface area contributed by atoms with Gasteiger partial charge in [0.2, 0.25) is 0 Å². The Hall–Kier alpha value is -3.81. The van der Waals surface area contributed by atoms with Crippen molar-refractivity contribution in [3.05, 3.63) is 48.5 Å². The number of aliphatic hydroxyl groups is 2. The number of rotatable bonds is 15. The first-order valence-electron chi connectivity index (χ1n) is 14.1. The van der Waals surface area contributed by atoms with Crippen molar-refractivity contribution >= 4 is 29.0 Å². The molecule has 222 valence electrons. The van der Waals surface area contributed by atoms with Crippen LogP contribution in [0.5, 0.6) is 0 Å². The molecule has 1 saturated heterocycles. The molecule has 0 radical (unpaired) electrons. The zero-order valence-corrected chi connectivity index (χ0v) is 23.2. The van der Waals surface area contributed by atoms with E-state index in [-0.39, 0.29) is 6.61 Å². The van der Waals surface area contributed by atoms with Crippen molar-refractivity contribution in [2.24, 2.45) is 0 Å². The molecule has 1 fully saturated rings. The number of hydrogen-bond acceptors (Lipinski definition) is 10. The number of ether oxygens (including phenoxy) is 2. The van der Waals surface area contributed by atoms with E-state index in [2.05, 4.69) is 30.9 Å². The van der Waals surface area contributed by atoms with E-state index in [1.165, 1.54) is 17.2 Å². The molecular formula is C28H39N7O6. The number of carbonyl (C=O) groups is 2. The number of benzene rings is 1. The van der Waals surface area contributed by atoms with Crippen molar-refractivity contribution < 1.29 is 29.3 Å². The lowest BCUT2D eigenvalue weighted by Crippen LogP contribution is -2.42. The summed E-state index contributed by atoms with van der Waals surface area (Å²) in [6.45, 7) is 3.71. The number of amides is 2. The average molecular weight is 570 g/mol. The van der Waals surface area contributed by atoms with Crippen LogP contribution in [0.3, 0.4) is 0 Å². The lowest BCUT2D eigenvalue weighted by Gasteiger charge is -2.16. The highest BCUT2D eigenvalue weighted by atomic mass is 16.6. The van der Waals surface area contributed by atoms with E-state index in [0.29, 0.717) is 36.6 Å². The first kappa shape index (κ1) is 30.2. The van der Waals surface area contributed by atoms with Crippen molar-refractivity contribution in [3.8, 4) is 0 Å². The average Bonchev–Trinajstić information content (AvgIpc) is 3.54. The van der Waals surface area contributed by atoms with Crippen LogP contribution in [-0.2, 0) is 20.9 Å². The van der Waals surface area contributed by atoms with E-state index in [1.807, 2.05) is 30.3 Å². The second-order valence-electron chi connectivity index (χ2n) is 9.91. The molecule has 1 aromatic carbocycles. The van der Waals surface area contributed by atoms with E-state index >= 15 is 0 Å². The summed E-state index contributed by atoms with van der Waals surface area (Å²) in [7, 11) is 0. The lowest BCUT2D eigenvalue weighted by atomic mass is 10.1. The Balaban J connectivity index is 1.12. The highest BCUT2D eigenvalue weighted by Crippen LogP contribution is 2.32. The Morgan fingerprint density at radius 2 is 1.68 bits per heavy atom. The molecule has 4 atom stereocenters. The van der Waals surface area contributed by atoms with Crippen molar-refractivity contribution in [2.45, 2.75) is 76.6 Å². The minimum Gasteiger partial charge on any atom is -0.445 e. The first-order chi connectivity index (χ1) is 20.0. The predicted molar refractivity (Wildman–Crippen MR) is 151 cm³/mol. The third kappa shape index (κ3) is 8.12. The third-order valence-electron chi connectivity index (χ3n) is 6.86. The minimum atomic E-state index is -1.37. The maximum Gasteiger partial charge on any atom is 0.407 e. The van der Waals surface area contributed by atoms with Crippen LogP contribution in [-0.4, -0.2) is 79.7 Å². The Labute approximate surface area is 238 Å². The number of unbranched alkanes of at least 4 members (excludes halogenated alkanes) is 5. The van der Waals surface area contributed by atoms with Crippen molar-refractivity contribution in [1.82, 2.24) is 30.2 Å². The number of imidazole rings is 1. The summed E-state index contributed by atoms with van der Waals surface area (Å²) in [5.41, 5.74) is 1.89. The van der Waals surface area contributed by atoms with E-state index in [0.717, 1.165) is 44.1 Å². The van der Waals surface area contributed by atoms with Crippen LogP contribution in [0.2, 0.25) is 0 Å². The van der Waals surface area contributed by atoms with Crippen molar-refractivity contribution in [2.75, 3.05) is 25.0 Å². The molecule has 5 N–H and O–H groups in total. The van der Waals surface area contributed by atoms with Gasteiger partial charge in [0, 0.05) is 19.6 Å². The zero-order chi connectivity index (χ0) is 29.0. The summed E-state index contributed by atoms with van der Waals surface area (Å²) in [5.74, 6) is 0.0751. The van der Waals surface area contributed by atoms with Gasteiger partial charge in [-0.3, -0.25) is 9.36 Å². The first-order valence-corrected chi connectivity index (χ1v) is 14.1. The number of nitrogens with one attached hydrogen (secondary N) is 3. The van der Waals surface area contributed by atoms with Crippen LogP contribution in [0.1, 0.15) is 57.2 Å². The zero-order valence-electron chi connectivity index (χ0n) is 23.2. The van der Waals surface area contributed by atoms with E-state index < -0.39 is 36.5 Å². The van der Waals surface area contributed by atoms with Crippen LogP contribution >= 0.6 is 0 Å². The Kier molecular flexibility index (Phi) is 11.2. The highest BCUT2D eigenvalue weighted by molar-refractivity contribution is 5.83. The van der Waals surface area contributed by atoms with E-state index in [9.17, 15) is 19.8 Å². The maximum atomic E-state index is 12.2. The number of anilines is 1. The Morgan fingerprint density at radius 1 is 0.951 bits per heavy atom. The van der Waals surface area contributed by atoms with Gasteiger partial charge in [-0.25, -0.2) is 19.7 Å². The topological polar surface area (TPSA) is 173 Å². The van der Waals surface area contributed by atoms with Crippen LogP contribution in [0.25, 0.3) is 11.2 Å². The van der Waals surface area contributed by atoms with E-state index in [1.54, 1.807) is 6.92 Å². The van der Waals surface area contributed by atoms with Gasteiger partial charge in [-0.05, 0) is 25.3 Å². The van der Waals surface area contributed by atoms with Gasteiger partial charge in [0.1, 0.15) is 25.1 Å². The van der Waals surface area contributed by atoms with Crippen LogP contribution in [0.4, 0.5) is 10.6 Å². The van der Waals surface area contributed by atoms with Gasteiger partial charge in [0.05, 0.1) is 6.33 Å². The molecule has 1 aliphatic rings. The monoisotopic (exact) mass is 569 g/mol. The quantitative estimate of drug-likeness (QED) is 0.171. The summed E-state index contributed by atoms with van der Waals surface area (Å²) in [4.78, 5) is 36.9. The summed E-state index contributed by atoms with van der Waals surface area (Å²) in [6, 6.07) is 9.59. The maximum absolute atomic E-state index is 12.2. The fourth-order valence-electron chi connectivity index (χ4n) is 4.68. The summed E-state index contributed by atoms with van der Waals surface area (Å²) >= 11 is 0. The number of aromatic nitrogens is 4. The standard InChI is InChI=1S/C28H39N7O6/c1-2-29-26(38)23-21(36)22(37)27(41-23)35-18-34-20-24(32-17-33-25(20)35)30-14-10-5-3-4-6-11-15-31-28(39)40-16-19-12-8-7-9-13-19/h7-9,12-13,17-18,21-23,27,36-37H,2-6,10-11,14-16H2,1H3,(H,29,38)(H,31,39)(H,30,32,33)/t21-,22+,23-,27+/m0/s1. The molecule has 3 heterocycles. The molecule has 0 saturated carbocycles. The van der Waals surface area contributed by atoms with Gasteiger partial charge < -0.3 is 35.6 Å². The molecule has 0 bridgehead atoms. The second-order valence-corrected chi connectivity index (χ2v) is 9.91. The van der Waals surface area contributed by atoms with Gasteiger partial charge in [-0.2, -0.15) is 0 Å². The van der Waals surface area contributed by atoms with Crippen LogP contribution < -0.4 is 16.0 Å². The number of fused-ring (bicyclic) bond motifs is 1. The minimum absolute atomic E-state index is 0.269. The number of likely N-dealkylation sites (N-methyl/N-ethyl adjacent to an activating group) is 1. The van der Waals surface area contributed by atoms with E-state index in [4.69, 9.17) is 9.47 Å². The molecule has 4 rings (SSSR count). The lowest BCUT2D eigenvalue weighted by molar-refractivity contribution is -0.137. The fraction of sp³-hybridized carbons (Fsp3) is 0.536. The molecule has 3 aromatic rings.